The van der Waals surface area contributed by atoms with Gasteiger partial charge in [0.2, 0.25) is 0 Å². The molecule has 7 heteroatoms. The van der Waals surface area contributed by atoms with Crippen molar-refractivity contribution in [2.24, 2.45) is 0 Å². The number of halogens is 3. The monoisotopic (exact) mass is 563 g/mol. The van der Waals surface area contributed by atoms with Crippen molar-refractivity contribution < 1.29 is 27.8 Å². The van der Waals surface area contributed by atoms with Gasteiger partial charge in [0.1, 0.15) is 17.9 Å². The number of carboxylic acid groups (broad SMARTS) is 1. The molecule has 0 unspecified atom stereocenters. The molecule has 4 nitrogen and oxygen atoms in total. The van der Waals surface area contributed by atoms with Crippen LogP contribution < -0.4 is 4.74 Å². The number of carbonyl (C=O) groups is 1. The first-order valence-corrected chi connectivity index (χ1v) is 13.3. The van der Waals surface area contributed by atoms with Crippen molar-refractivity contribution in [3.8, 4) is 16.9 Å². The Bertz CT molecular complexity index is 1930. The molecule has 0 aliphatic heterocycles. The fourth-order valence-corrected chi connectivity index (χ4v) is 5.27. The first-order chi connectivity index (χ1) is 20.3. The predicted octanol–water partition coefficient (Wildman–Crippen LogP) is 8.94. The van der Waals surface area contributed by atoms with Crippen LogP contribution in [0.15, 0.2) is 115 Å². The molecule has 208 valence electrons. The summed E-state index contributed by atoms with van der Waals surface area (Å²) in [5, 5.41) is 11.8. The maximum absolute atomic E-state index is 13.9. The highest BCUT2D eigenvalue weighted by molar-refractivity contribution is 5.99. The first-order valence-electron chi connectivity index (χ1n) is 13.3. The van der Waals surface area contributed by atoms with Crippen LogP contribution in [0.3, 0.4) is 0 Å². The molecule has 1 N–H and O–H groups in total. The summed E-state index contributed by atoms with van der Waals surface area (Å²) in [6, 6.07) is 31.9. The quantitative estimate of drug-likeness (QED) is 0.211. The molecule has 0 atom stereocenters. The third-order valence-electron chi connectivity index (χ3n) is 7.21. The Morgan fingerprint density at radius 1 is 0.786 bits per heavy atom. The largest absolute Gasteiger partial charge is 0.488 e. The lowest BCUT2D eigenvalue weighted by Gasteiger charge is -2.17. The summed E-state index contributed by atoms with van der Waals surface area (Å²) >= 11 is 0. The second kappa shape index (κ2) is 11.0. The highest BCUT2D eigenvalue weighted by Gasteiger charge is 2.33. The number of carboxylic acids is 1. The Morgan fingerprint density at radius 2 is 1.48 bits per heavy atom. The van der Waals surface area contributed by atoms with Gasteiger partial charge in [-0.05, 0) is 69.3 Å². The number of aromatic carboxylic acids is 1. The Balaban J connectivity index is 1.42. The maximum Gasteiger partial charge on any atom is 0.418 e. The summed E-state index contributed by atoms with van der Waals surface area (Å²) in [5.74, 6) is -0.862. The van der Waals surface area contributed by atoms with Crippen LogP contribution in [0.25, 0.3) is 32.8 Å². The second-order valence-corrected chi connectivity index (χ2v) is 10.0. The lowest BCUT2D eigenvalue weighted by Crippen LogP contribution is -2.07. The van der Waals surface area contributed by atoms with E-state index in [-0.39, 0.29) is 23.4 Å². The summed E-state index contributed by atoms with van der Waals surface area (Å²) in [7, 11) is 0. The summed E-state index contributed by atoms with van der Waals surface area (Å²) in [6.07, 6.45) is -2.55. The molecule has 5 aromatic carbocycles. The Hall–Kier alpha value is -5.17. The van der Waals surface area contributed by atoms with Gasteiger partial charge in [-0.1, -0.05) is 84.9 Å². The van der Waals surface area contributed by atoms with Crippen molar-refractivity contribution in [3.05, 3.63) is 143 Å². The molecule has 0 bridgehead atoms. The van der Waals surface area contributed by atoms with Crippen LogP contribution in [0.1, 0.15) is 32.6 Å². The van der Waals surface area contributed by atoms with E-state index in [1.165, 1.54) is 12.3 Å². The third-order valence-corrected chi connectivity index (χ3v) is 7.21. The van der Waals surface area contributed by atoms with Crippen LogP contribution in [0.4, 0.5) is 13.2 Å². The van der Waals surface area contributed by atoms with E-state index in [0.717, 1.165) is 33.5 Å². The highest BCUT2D eigenvalue weighted by atomic mass is 19.4. The topological polar surface area (TPSA) is 59.4 Å². The summed E-state index contributed by atoms with van der Waals surface area (Å²) in [6.45, 7) is 0.0668. The molecule has 0 fully saturated rings. The van der Waals surface area contributed by atoms with Crippen molar-refractivity contribution >= 4 is 27.6 Å². The van der Waals surface area contributed by atoms with Gasteiger partial charge >= 0.3 is 12.1 Å². The molecule has 6 aromatic rings. The Labute approximate surface area is 239 Å². The van der Waals surface area contributed by atoms with E-state index >= 15 is 0 Å². The zero-order chi connectivity index (χ0) is 29.3. The minimum absolute atomic E-state index is 0.0507. The fourth-order valence-electron chi connectivity index (χ4n) is 5.27. The number of para-hydroxylation sites is 1. The van der Waals surface area contributed by atoms with E-state index in [1.54, 1.807) is 18.2 Å². The number of alkyl halides is 3. The molecule has 0 saturated carbocycles. The molecule has 42 heavy (non-hydrogen) atoms. The van der Waals surface area contributed by atoms with Gasteiger partial charge in [0.25, 0.3) is 0 Å². The molecule has 0 aliphatic carbocycles. The van der Waals surface area contributed by atoms with E-state index in [9.17, 15) is 23.1 Å². The molecule has 0 spiro atoms. The lowest BCUT2D eigenvalue weighted by atomic mass is 9.91. The fraction of sp³-hybridized carbons (Fsp3) is 0.0857. The smallest absolute Gasteiger partial charge is 0.418 e. The average Bonchev–Trinajstić information content (AvgIpc) is 2.99. The number of benzene rings is 5. The van der Waals surface area contributed by atoms with E-state index in [0.29, 0.717) is 22.9 Å². The molecular formula is C35H24F3NO3. The van der Waals surface area contributed by atoms with Gasteiger partial charge in [-0.2, -0.15) is 13.2 Å². The zero-order valence-electron chi connectivity index (χ0n) is 22.2. The van der Waals surface area contributed by atoms with Gasteiger partial charge in [0.15, 0.2) is 0 Å². The summed E-state index contributed by atoms with van der Waals surface area (Å²) in [5.41, 5.74) is 3.05. The number of hydrogen-bond acceptors (Lipinski definition) is 3. The number of pyridine rings is 1. The van der Waals surface area contributed by atoms with E-state index in [4.69, 9.17) is 4.74 Å². The molecule has 0 saturated heterocycles. The number of ether oxygens (including phenoxy) is 1. The van der Waals surface area contributed by atoms with Crippen LogP contribution in [0, 0.1) is 0 Å². The van der Waals surface area contributed by atoms with Crippen molar-refractivity contribution in [1.29, 1.82) is 0 Å². The van der Waals surface area contributed by atoms with Crippen LogP contribution in [0.5, 0.6) is 5.75 Å². The van der Waals surface area contributed by atoms with Gasteiger partial charge in [0, 0.05) is 11.6 Å². The summed E-state index contributed by atoms with van der Waals surface area (Å²) in [4.78, 5) is 16.2. The lowest BCUT2D eigenvalue weighted by molar-refractivity contribution is -0.136. The molecule has 0 amide bonds. The van der Waals surface area contributed by atoms with Crippen LogP contribution >= 0.6 is 0 Å². The molecule has 6 rings (SSSR count). The standard InChI is InChI=1S/C35H24F3NO3/c36-35(37,38)30-15-7-14-28-32(27(20-39-33(28)30)16-22-8-2-1-3-9-22)26-13-6-10-23(17-26)21-42-31-19-25-12-5-4-11-24(25)18-29(31)34(40)41/h1-15,17-20H,16,21H2,(H,40,41). The summed E-state index contributed by atoms with van der Waals surface area (Å²) < 4.78 is 47.8. The van der Waals surface area contributed by atoms with Crippen molar-refractivity contribution in [3.63, 3.8) is 0 Å². The normalized spacial score (nSPS) is 11.6. The number of hydrogen-bond donors (Lipinski definition) is 1. The average molecular weight is 564 g/mol. The highest BCUT2D eigenvalue weighted by Crippen LogP contribution is 2.39. The maximum atomic E-state index is 13.9. The van der Waals surface area contributed by atoms with Crippen molar-refractivity contribution in [2.75, 3.05) is 0 Å². The van der Waals surface area contributed by atoms with E-state index in [1.807, 2.05) is 78.9 Å². The number of fused-ring (bicyclic) bond motifs is 2. The first kappa shape index (κ1) is 27.0. The van der Waals surface area contributed by atoms with Gasteiger partial charge in [-0.3, -0.25) is 4.98 Å². The van der Waals surface area contributed by atoms with Gasteiger partial charge in [-0.25, -0.2) is 4.79 Å². The molecule has 0 radical (unpaired) electrons. The van der Waals surface area contributed by atoms with Gasteiger partial charge in [-0.15, -0.1) is 0 Å². The Kier molecular flexibility index (Phi) is 7.08. The minimum atomic E-state index is -4.55. The molecule has 0 aliphatic rings. The molecule has 1 heterocycles. The van der Waals surface area contributed by atoms with E-state index in [2.05, 4.69) is 4.98 Å². The number of rotatable bonds is 7. The molecule has 1 aromatic heterocycles. The minimum Gasteiger partial charge on any atom is -0.488 e. The second-order valence-electron chi connectivity index (χ2n) is 10.0. The van der Waals surface area contributed by atoms with Crippen LogP contribution in [-0.2, 0) is 19.2 Å². The van der Waals surface area contributed by atoms with Crippen molar-refractivity contribution in [2.45, 2.75) is 19.2 Å². The number of nitrogens with zero attached hydrogens (tertiary/aromatic N) is 1. The third kappa shape index (κ3) is 5.41. The van der Waals surface area contributed by atoms with Crippen molar-refractivity contribution in [1.82, 2.24) is 4.98 Å². The van der Waals surface area contributed by atoms with Crippen LogP contribution in [-0.4, -0.2) is 16.1 Å². The van der Waals surface area contributed by atoms with Gasteiger partial charge in [0.05, 0.1) is 11.1 Å². The van der Waals surface area contributed by atoms with Crippen LogP contribution in [0.2, 0.25) is 0 Å². The van der Waals surface area contributed by atoms with E-state index < -0.39 is 17.7 Å². The number of aromatic nitrogens is 1. The SMILES string of the molecule is O=C(O)c1cc2ccccc2cc1OCc1cccc(-c2c(Cc3ccccc3)cnc3c(C(F)(F)F)cccc23)c1. The van der Waals surface area contributed by atoms with Gasteiger partial charge < -0.3 is 9.84 Å². The zero-order valence-corrected chi connectivity index (χ0v) is 22.2. The predicted molar refractivity (Wildman–Crippen MR) is 157 cm³/mol. The molecular weight excluding hydrogens is 539 g/mol. The Morgan fingerprint density at radius 3 is 2.21 bits per heavy atom.